The number of aliphatic hydroxyl groups excluding tert-OH is 3. The van der Waals surface area contributed by atoms with Crippen LogP contribution in [-0.4, -0.2) is 46.1 Å². The normalized spacial score (nSPS) is 14.1. The van der Waals surface area contributed by atoms with Crippen molar-refractivity contribution in [2.24, 2.45) is 0 Å². The molecule has 3 atom stereocenters. The molecular weight excluding hydrogens is 606 g/mol. The molecule has 0 aliphatic rings. The molecule has 0 saturated heterocycles. The second-order valence-corrected chi connectivity index (χ2v) is 14.2. The lowest BCUT2D eigenvalue weighted by molar-refractivity contribution is -0.124. The van der Waals surface area contributed by atoms with Gasteiger partial charge in [0.1, 0.15) is 6.10 Å². The third-order valence-corrected chi connectivity index (χ3v) is 9.41. The fraction of sp³-hybridized carbons (Fsp3) is 0.795. The number of hydrogen-bond donors (Lipinski definition) is 4. The largest absolute Gasteiger partial charge is 0.394 e. The van der Waals surface area contributed by atoms with Gasteiger partial charge in [-0.1, -0.05) is 165 Å². The number of rotatable bonds is 37. The minimum atomic E-state index is -1.17. The first-order chi connectivity index (χ1) is 24.1. The van der Waals surface area contributed by atoms with Crippen LogP contribution in [0.3, 0.4) is 0 Å². The molecule has 0 saturated carbocycles. The van der Waals surface area contributed by atoms with Crippen LogP contribution in [0.15, 0.2) is 48.6 Å². The summed E-state index contributed by atoms with van der Waals surface area (Å²) in [5, 5.41) is 33.4. The molecule has 286 valence electrons. The van der Waals surface area contributed by atoms with Crippen LogP contribution in [0.5, 0.6) is 0 Å². The van der Waals surface area contributed by atoms with Gasteiger partial charge in [-0.15, -0.1) is 0 Å². The van der Waals surface area contributed by atoms with Gasteiger partial charge in [0.2, 0.25) is 5.91 Å². The Morgan fingerprint density at radius 1 is 0.510 bits per heavy atom. The van der Waals surface area contributed by atoms with Gasteiger partial charge in [-0.05, 0) is 77.0 Å². The summed E-state index contributed by atoms with van der Waals surface area (Å²) in [7, 11) is 0. The minimum absolute atomic E-state index is 0.172. The van der Waals surface area contributed by atoms with Crippen LogP contribution >= 0.6 is 0 Å². The second-order valence-electron chi connectivity index (χ2n) is 14.2. The number of allylic oxidation sites excluding steroid dienone is 8. The molecule has 0 aliphatic carbocycles. The van der Waals surface area contributed by atoms with Crippen LogP contribution in [0.25, 0.3) is 0 Å². The van der Waals surface area contributed by atoms with Crippen LogP contribution < -0.4 is 5.32 Å². The molecule has 5 nitrogen and oxygen atoms in total. The Morgan fingerprint density at radius 3 is 1.41 bits per heavy atom. The van der Waals surface area contributed by atoms with Crippen molar-refractivity contribution in [1.29, 1.82) is 0 Å². The molecule has 4 N–H and O–H groups in total. The number of carbonyl (C=O) groups is 1. The van der Waals surface area contributed by atoms with Crippen molar-refractivity contribution < 1.29 is 20.1 Å². The molecule has 0 spiro atoms. The first-order valence-electron chi connectivity index (χ1n) is 20.9. The van der Waals surface area contributed by atoms with Crippen molar-refractivity contribution in [2.45, 2.75) is 218 Å². The third kappa shape index (κ3) is 34.5. The summed E-state index contributed by atoms with van der Waals surface area (Å²) in [5.41, 5.74) is 0. The van der Waals surface area contributed by atoms with Crippen molar-refractivity contribution in [3.05, 3.63) is 48.6 Å². The zero-order valence-electron chi connectivity index (χ0n) is 32.3. The molecule has 0 rings (SSSR count). The van der Waals surface area contributed by atoms with Gasteiger partial charge in [-0.2, -0.15) is 0 Å². The quantitative estimate of drug-likeness (QED) is 0.0297. The first kappa shape index (κ1) is 47.3. The maximum absolute atomic E-state index is 12.4. The van der Waals surface area contributed by atoms with E-state index in [1.165, 1.54) is 122 Å². The molecule has 0 radical (unpaired) electrons. The van der Waals surface area contributed by atoms with Crippen LogP contribution in [0.4, 0.5) is 0 Å². The van der Waals surface area contributed by atoms with E-state index in [9.17, 15) is 20.1 Å². The smallest absolute Gasteiger partial charge is 0.220 e. The molecular formula is C44H81NO4. The molecule has 0 fully saturated rings. The summed E-state index contributed by atoms with van der Waals surface area (Å²) in [5.74, 6) is -0.172. The van der Waals surface area contributed by atoms with Gasteiger partial charge >= 0.3 is 0 Å². The highest BCUT2D eigenvalue weighted by atomic mass is 16.3. The van der Waals surface area contributed by atoms with Crippen LogP contribution in [0, 0.1) is 0 Å². The number of unbranched alkanes of at least 4 members (excludes halogenated alkanes) is 22. The maximum atomic E-state index is 12.4. The number of nitrogens with one attached hydrogen (secondary N) is 1. The Hall–Kier alpha value is -1.69. The van der Waals surface area contributed by atoms with Crippen molar-refractivity contribution in [3.8, 4) is 0 Å². The summed E-state index contributed by atoms with van der Waals surface area (Å²) in [4.78, 5) is 12.4. The highest BCUT2D eigenvalue weighted by Gasteiger charge is 2.26. The highest BCUT2D eigenvalue weighted by Crippen LogP contribution is 2.14. The molecule has 1 amide bonds. The summed E-state index contributed by atoms with van der Waals surface area (Å²) in [6, 6.07) is -0.839. The lowest BCUT2D eigenvalue weighted by Gasteiger charge is -2.26. The van der Waals surface area contributed by atoms with E-state index in [-0.39, 0.29) is 12.5 Å². The number of hydrogen-bond acceptors (Lipinski definition) is 4. The van der Waals surface area contributed by atoms with E-state index in [0.29, 0.717) is 12.8 Å². The zero-order valence-corrected chi connectivity index (χ0v) is 32.3. The molecule has 0 aromatic carbocycles. The van der Waals surface area contributed by atoms with Gasteiger partial charge in [0.05, 0.1) is 18.8 Å². The molecule has 0 heterocycles. The van der Waals surface area contributed by atoms with E-state index in [2.05, 4.69) is 67.8 Å². The van der Waals surface area contributed by atoms with Crippen molar-refractivity contribution >= 4 is 5.91 Å². The van der Waals surface area contributed by atoms with Crippen molar-refractivity contribution in [2.75, 3.05) is 6.61 Å². The summed E-state index contributed by atoms with van der Waals surface area (Å²) in [6.45, 7) is 4.12. The first-order valence-corrected chi connectivity index (χ1v) is 20.9. The van der Waals surface area contributed by atoms with E-state index in [0.717, 1.165) is 51.4 Å². The SMILES string of the molecule is CCCCC/C=C\C=C/CCCCCCCCC(=O)NC(CO)C(O)C(O)CCC/C=C/CC/C=C/CCCCCCCCCCCCC. The number of amides is 1. The lowest BCUT2D eigenvalue weighted by atomic mass is 10.0. The van der Waals surface area contributed by atoms with E-state index >= 15 is 0 Å². The van der Waals surface area contributed by atoms with Gasteiger partial charge in [0.15, 0.2) is 0 Å². The van der Waals surface area contributed by atoms with E-state index in [1.54, 1.807) is 0 Å². The predicted octanol–water partition coefficient (Wildman–Crippen LogP) is 11.8. The monoisotopic (exact) mass is 688 g/mol. The van der Waals surface area contributed by atoms with Crippen molar-refractivity contribution in [1.82, 2.24) is 5.32 Å². The maximum Gasteiger partial charge on any atom is 0.220 e. The lowest BCUT2D eigenvalue weighted by Crippen LogP contribution is -2.50. The Labute approximate surface area is 304 Å². The average molecular weight is 688 g/mol. The molecule has 3 unspecified atom stereocenters. The van der Waals surface area contributed by atoms with Gasteiger partial charge in [0.25, 0.3) is 0 Å². The van der Waals surface area contributed by atoms with Crippen LogP contribution in [-0.2, 0) is 4.79 Å². The molecule has 0 aromatic rings. The number of carbonyl (C=O) groups excluding carboxylic acids is 1. The Balaban J connectivity index is 3.75. The summed E-state index contributed by atoms with van der Waals surface area (Å²) in [6.07, 6.45) is 49.2. The average Bonchev–Trinajstić information content (AvgIpc) is 3.10. The van der Waals surface area contributed by atoms with Crippen molar-refractivity contribution in [3.63, 3.8) is 0 Å². The van der Waals surface area contributed by atoms with E-state index in [1.807, 2.05) is 0 Å². The predicted molar refractivity (Wildman–Crippen MR) is 213 cm³/mol. The fourth-order valence-electron chi connectivity index (χ4n) is 6.11. The van der Waals surface area contributed by atoms with Gasteiger partial charge in [-0.25, -0.2) is 0 Å². The molecule has 0 aliphatic heterocycles. The fourth-order valence-corrected chi connectivity index (χ4v) is 6.11. The standard InChI is InChI=1S/C44H81NO4/c1-3-5-7-9-11-13-15-17-19-20-21-22-23-25-26-28-30-32-34-36-38-42(47)44(49)41(40-46)45-43(48)39-37-35-33-31-29-27-24-18-16-14-12-10-8-6-4-2/h12,14,16,18,23,25,30,32,41-42,44,46-47,49H,3-11,13,15,17,19-22,24,26-29,31,33-40H2,1-2H3,(H,45,48)/b14-12-,18-16-,25-23+,32-30+. The van der Waals surface area contributed by atoms with Gasteiger partial charge < -0.3 is 20.6 Å². The molecule has 0 bridgehead atoms. The molecule has 49 heavy (non-hydrogen) atoms. The Bertz CT molecular complexity index is 805. The number of aliphatic hydroxyl groups is 3. The second kappa shape index (κ2) is 39.1. The van der Waals surface area contributed by atoms with Gasteiger partial charge in [-0.3, -0.25) is 4.79 Å². The van der Waals surface area contributed by atoms with E-state index < -0.39 is 18.2 Å². The van der Waals surface area contributed by atoms with Crippen LogP contribution in [0.2, 0.25) is 0 Å². The minimum Gasteiger partial charge on any atom is -0.394 e. The zero-order chi connectivity index (χ0) is 35.9. The van der Waals surface area contributed by atoms with Crippen LogP contribution in [0.1, 0.15) is 200 Å². The topological polar surface area (TPSA) is 89.8 Å². The Morgan fingerprint density at radius 2 is 0.898 bits per heavy atom. The highest BCUT2D eigenvalue weighted by molar-refractivity contribution is 5.76. The van der Waals surface area contributed by atoms with E-state index in [4.69, 9.17) is 0 Å². The summed E-state index contributed by atoms with van der Waals surface area (Å²) < 4.78 is 0. The summed E-state index contributed by atoms with van der Waals surface area (Å²) >= 11 is 0. The molecule has 5 heteroatoms. The van der Waals surface area contributed by atoms with Gasteiger partial charge in [0, 0.05) is 6.42 Å². The molecule has 0 aromatic heterocycles. The third-order valence-electron chi connectivity index (χ3n) is 9.41. The Kier molecular flexibility index (Phi) is 37.8.